The van der Waals surface area contributed by atoms with E-state index in [0.29, 0.717) is 11.1 Å². The number of ether oxygens (including phenoxy) is 2. The second-order valence-corrected chi connectivity index (χ2v) is 3.96. The van der Waals surface area contributed by atoms with Gasteiger partial charge in [-0.15, -0.1) is 13.2 Å². The van der Waals surface area contributed by atoms with Crippen molar-refractivity contribution in [3.05, 3.63) is 48.5 Å². The molecule has 110 valence electrons. The van der Waals surface area contributed by atoms with Crippen molar-refractivity contribution in [2.45, 2.75) is 6.36 Å². The van der Waals surface area contributed by atoms with Crippen molar-refractivity contribution in [3.63, 3.8) is 0 Å². The van der Waals surface area contributed by atoms with E-state index < -0.39 is 12.5 Å². The molecule has 0 aromatic heterocycles. The van der Waals surface area contributed by atoms with E-state index in [1.165, 1.54) is 36.4 Å². The van der Waals surface area contributed by atoms with Crippen molar-refractivity contribution in [2.24, 2.45) is 0 Å². The van der Waals surface area contributed by atoms with E-state index in [1.807, 2.05) is 0 Å². The van der Waals surface area contributed by atoms with Crippen molar-refractivity contribution in [3.8, 4) is 22.6 Å². The fourth-order valence-corrected chi connectivity index (χ4v) is 1.67. The van der Waals surface area contributed by atoms with Crippen molar-refractivity contribution in [1.82, 2.24) is 0 Å². The Morgan fingerprint density at radius 3 is 1.67 bits per heavy atom. The van der Waals surface area contributed by atoms with Gasteiger partial charge in [-0.3, -0.25) is 0 Å². The summed E-state index contributed by atoms with van der Waals surface area (Å²) in [4.78, 5) is 10.3. The van der Waals surface area contributed by atoms with Crippen LogP contribution in [0.5, 0.6) is 11.5 Å². The second-order valence-electron chi connectivity index (χ2n) is 3.96. The zero-order valence-electron chi connectivity index (χ0n) is 10.4. The molecule has 0 heterocycles. The van der Waals surface area contributed by atoms with Crippen molar-refractivity contribution < 1.29 is 32.5 Å². The molecule has 0 saturated heterocycles. The molecule has 0 saturated carbocycles. The maximum Gasteiger partial charge on any atom is 0.573 e. The number of carboxylic acid groups (broad SMARTS) is 1. The van der Waals surface area contributed by atoms with E-state index in [9.17, 15) is 18.0 Å². The number of halogens is 3. The van der Waals surface area contributed by atoms with Gasteiger partial charge in [0.25, 0.3) is 0 Å². The minimum absolute atomic E-state index is 0.156. The highest BCUT2D eigenvalue weighted by atomic mass is 19.4. The first kappa shape index (κ1) is 14.7. The van der Waals surface area contributed by atoms with E-state index >= 15 is 0 Å². The largest absolute Gasteiger partial charge is 0.573 e. The summed E-state index contributed by atoms with van der Waals surface area (Å²) in [5.41, 5.74) is 1.36. The van der Waals surface area contributed by atoms with Crippen LogP contribution >= 0.6 is 0 Å². The quantitative estimate of drug-likeness (QED) is 0.677. The lowest BCUT2D eigenvalue weighted by Gasteiger charge is -2.09. The first-order chi connectivity index (χ1) is 9.83. The molecule has 7 heteroatoms. The number of alkyl halides is 3. The molecule has 0 unspecified atom stereocenters. The Morgan fingerprint density at radius 2 is 1.29 bits per heavy atom. The minimum atomic E-state index is -4.72. The molecule has 2 rings (SSSR count). The van der Waals surface area contributed by atoms with Gasteiger partial charge in [0, 0.05) is 0 Å². The molecule has 0 amide bonds. The fourth-order valence-electron chi connectivity index (χ4n) is 1.67. The Labute approximate surface area is 117 Å². The van der Waals surface area contributed by atoms with Gasteiger partial charge in [0.05, 0.1) is 0 Å². The van der Waals surface area contributed by atoms with Crippen LogP contribution in [0.25, 0.3) is 11.1 Å². The highest BCUT2D eigenvalue weighted by Crippen LogP contribution is 2.27. The van der Waals surface area contributed by atoms with Gasteiger partial charge in [0.1, 0.15) is 11.5 Å². The summed E-state index contributed by atoms with van der Waals surface area (Å²) >= 11 is 0. The zero-order valence-corrected chi connectivity index (χ0v) is 10.4. The number of carbonyl (C=O) groups is 1. The summed E-state index contributed by atoms with van der Waals surface area (Å²) in [5.74, 6) is -0.152. The summed E-state index contributed by atoms with van der Waals surface area (Å²) in [6.45, 7) is 0. The van der Waals surface area contributed by atoms with E-state index in [-0.39, 0.29) is 11.5 Å². The van der Waals surface area contributed by atoms with Gasteiger partial charge in [0.2, 0.25) is 0 Å². The van der Waals surface area contributed by atoms with Gasteiger partial charge in [-0.2, -0.15) is 0 Å². The highest BCUT2D eigenvalue weighted by Gasteiger charge is 2.30. The van der Waals surface area contributed by atoms with Crippen LogP contribution in [0.3, 0.4) is 0 Å². The van der Waals surface area contributed by atoms with Gasteiger partial charge >= 0.3 is 12.5 Å². The maximum atomic E-state index is 12.0. The topological polar surface area (TPSA) is 55.8 Å². The standard InChI is InChI=1S/C14H9F3O4/c15-14(16,17)21-12-7-3-10(4-8-12)9-1-5-11(6-2-9)20-13(18)19/h1-8H,(H,18,19). The SMILES string of the molecule is O=C(O)Oc1ccc(-c2ccc(OC(F)(F)F)cc2)cc1. The summed E-state index contributed by atoms with van der Waals surface area (Å²) in [6, 6.07) is 11.4. The molecule has 0 fully saturated rings. The monoisotopic (exact) mass is 298 g/mol. The summed E-state index contributed by atoms with van der Waals surface area (Å²) in [6.07, 6.45) is -6.14. The molecule has 0 aliphatic heterocycles. The molecule has 0 radical (unpaired) electrons. The third kappa shape index (κ3) is 4.41. The van der Waals surface area contributed by atoms with Gasteiger partial charge in [0.15, 0.2) is 0 Å². The van der Waals surface area contributed by atoms with Gasteiger partial charge < -0.3 is 14.6 Å². The number of hydrogen-bond donors (Lipinski definition) is 1. The van der Waals surface area contributed by atoms with Crippen molar-refractivity contribution in [1.29, 1.82) is 0 Å². The number of hydrogen-bond acceptors (Lipinski definition) is 3. The van der Waals surface area contributed by atoms with Crippen LogP contribution in [-0.4, -0.2) is 17.6 Å². The molecule has 21 heavy (non-hydrogen) atoms. The van der Waals surface area contributed by atoms with Gasteiger partial charge in [-0.25, -0.2) is 4.79 Å². The van der Waals surface area contributed by atoms with E-state index in [0.717, 1.165) is 0 Å². The molecular weight excluding hydrogens is 289 g/mol. The Morgan fingerprint density at radius 1 is 0.857 bits per heavy atom. The average Bonchev–Trinajstić information content (AvgIpc) is 2.38. The van der Waals surface area contributed by atoms with Crippen LogP contribution < -0.4 is 9.47 Å². The molecule has 4 nitrogen and oxygen atoms in total. The molecular formula is C14H9F3O4. The van der Waals surface area contributed by atoms with E-state index in [4.69, 9.17) is 5.11 Å². The molecule has 0 bridgehead atoms. The molecule has 0 aliphatic carbocycles. The molecule has 0 atom stereocenters. The zero-order chi connectivity index (χ0) is 15.5. The van der Waals surface area contributed by atoms with Crippen LogP contribution in [-0.2, 0) is 0 Å². The Hall–Kier alpha value is -2.70. The third-order valence-corrected chi connectivity index (χ3v) is 2.48. The Balaban J connectivity index is 2.13. The lowest BCUT2D eigenvalue weighted by Crippen LogP contribution is -2.16. The Bertz CT molecular complexity index is 618. The Kier molecular flexibility index (Phi) is 4.02. The minimum Gasteiger partial charge on any atom is -0.449 e. The number of benzene rings is 2. The van der Waals surface area contributed by atoms with Crippen LogP contribution in [0, 0.1) is 0 Å². The lowest BCUT2D eigenvalue weighted by molar-refractivity contribution is -0.274. The summed E-state index contributed by atoms with van der Waals surface area (Å²) in [7, 11) is 0. The molecule has 0 aliphatic rings. The smallest absolute Gasteiger partial charge is 0.449 e. The average molecular weight is 298 g/mol. The van der Waals surface area contributed by atoms with Crippen LogP contribution in [0.4, 0.5) is 18.0 Å². The first-order valence-corrected chi connectivity index (χ1v) is 5.70. The van der Waals surface area contributed by atoms with Crippen LogP contribution in [0.1, 0.15) is 0 Å². The molecule has 2 aromatic rings. The van der Waals surface area contributed by atoms with E-state index in [1.54, 1.807) is 12.1 Å². The lowest BCUT2D eigenvalue weighted by atomic mass is 10.1. The van der Waals surface area contributed by atoms with Crippen molar-refractivity contribution in [2.75, 3.05) is 0 Å². The van der Waals surface area contributed by atoms with Gasteiger partial charge in [-0.05, 0) is 35.4 Å². The highest BCUT2D eigenvalue weighted by molar-refractivity contribution is 5.66. The van der Waals surface area contributed by atoms with E-state index in [2.05, 4.69) is 9.47 Å². The summed E-state index contributed by atoms with van der Waals surface area (Å²) in [5, 5.41) is 8.45. The predicted molar refractivity (Wildman–Crippen MR) is 67.2 cm³/mol. The van der Waals surface area contributed by atoms with Crippen molar-refractivity contribution >= 4 is 6.16 Å². The van der Waals surface area contributed by atoms with Gasteiger partial charge in [-0.1, -0.05) is 24.3 Å². The predicted octanol–water partition coefficient (Wildman–Crippen LogP) is 4.31. The number of rotatable bonds is 3. The molecule has 0 spiro atoms. The second kappa shape index (κ2) is 5.74. The maximum absolute atomic E-state index is 12.0. The normalized spacial score (nSPS) is 11.0. The summed E-state index contributed by atoms with van der Waals surface area (Å²) < 4.78 is 44.3. The molecule has 2 aromatic carbocycles. The van der Waals surface area contributed by atoms with Crippen LogP contribution in [0.15, 0.2) is 48.5 Å². The molecule has 1 N–H and O–H groups in total. The third-order valence-electron chi connectivity index (χ3n) is 2.48. The van der Waals surface area contributed by atoms with Crippen LogP contribution in [0.2, 0.25) is 0 Å². The fraction of sp³-hybridized carbons (Fsp3) is 0.0714. The first-order valence-electron chi connectivity index (χ1n) is 5.70.